The molecule has 0 atom stereocenters. The van der Waals surface area contributed by atoms with Crippen LogP contribution in [0, 0.1) is 0 Å². The van der Waals surface area contributed by atoms with Crippen molar-refractivity contribution in [3.05, 3.63) is 131 Å². The van der Waals surface area contributed by atoms with Gasteiger partial charge < -0.3 is 15.1 Å². The molecule has 5 N–H and O–H groups in total. The summed E-state index contributed by atoms with van der Waals surface area (Å²) in [6.07, 6.45) is 15.8. The minimum absolute atomic E-state index is 0.0148. The molecular weight excluding hydrogens is 863 g/mol. The molecule has 0 fully saturated rings. The fourth-order valence-electron chi connectivity index (χ4n) is 8.22. The summed E-state index contributed by atoms with van der Waals surface area (Å²) in [7, 11) is -10.3. The smallest absolute Gasteiger partial charge is 0.294 e. The maximum absolute atomic E-state index is 12.5. The molecular formula is C46H60N5O9S3+. The van der Waals surface area contributed by atoms with Crippen molar-refractivity contribution in [2.24, 2.45) is 5.14 Å². The first-order valence-corrected chi connectivity index (χ1v) is 25.5. The summed E-state index contributed by atoms with van der Waals surface area (Å²) < 4.78 is 91.4. The lowest BCUT2D eigenvalue weighted by Gasteiger charge is -2.27. The summed E-state index contributed by atoms with van der Waals surface area (Å²) in [6, 6.07) is 17.1. The lowest BCUT2D eigenvalue weighted by atomic mass is 9.81. The van der Waals surface area contributed by atoms with Crippen LogP contribution in [0.15, 0.2) is 119 Å². The van der Waals surface area contributed by atoms with Crippen LogP contribution in [-0.4, -0.2) is 87.9 Å². The second-order valence-corrected chi connectivity index (χ2v) is 21.6. The van der Waals surface area contributed by atoms with Gasteiger partial charge in [0.05, 0.1) is 21.0 Å². The number of nitrogens with one attached hydrogen (secondary N) is 1. The van der Waals surface area contributed by atoms with Crippen LogP contribution in [-0.2, 0) is 59.0 Å². The van der Waals surface area contributed by atoms with Crippen LogP contribution in [0.2, 0.25) is 0 Å². The molecule has 340 valence electrons. The molecule has 17 heteroatoms. The number of benzene rings is 3. The van der Waals surface area contributed by atoms with Gasteiger partial charge in [-0.2, -0.15) is 21.4 Å². The van der Waals surface area contributed by atoms with E-state index in [1.54, 1.807) is 24.3 Å². The Morgan fingerprint density at radius 1 is 0.825 bits per heavy atom. The minimum atomic E-state index is -4.35. The normalized spacial score (nSPS) is 16.9. The summed E-state index contributed by atoms with van der Waals surface area (Å²) >= 11 is 0. The molecule has 14 nitrogen and oxygen atoms in total. The van der Waals surface area contributed by atoms with Crippen LogP contribution in [0.25, 0.3) is 0 Å². The second-order valence-electron chi connectivity index (χ2n) is 17.1. The molecule has 2 aliphatic heterocycles. The topological polar surface area (TPSA) is 207 Å². The number of sulfonamides is 1. The van der Waals surface area contributed by atoms with Crippen molar-refractivity contribution in [3.63, 3.8) is 0 Å². The van der Waals surface area contributed by atoms with Gasteiger partial charge in [-0.25, -0.2) is 13.6 Å². The molecule has 0 aromatic heterocycles. The Hall–Kier alpha value is -4.75. The van der Waals surface area contributed by atoms with E-state index < -0.39 is 41.1 Å². The fraction of sp³-hybridized carbons (Fsp3) is 0.391. The molecule has 3 aromatic carbocycles. The van der Waals surface area contributed by atoms with Crippen molar-refractivity contribution < 1.29 is 43.7 Å². The van der Waals surface area contributed by atoms with E-state index in [0.29, 0.717) is 32.5 Å². The first-order chi connectivity index (χ1) is 29.4. The van der Waals surface area contributed by atoms with E-state index in [0.717, 1.165) is 58.0 Å². The van der Waals surface area contributed by atoms with E-state index in [1.165, 1.54) is 18.2 Å². The first kappa shape index (κ1) is 49.3. The standard InChI is InChI=1S/C46H59N5O9S3/c1-7-26-50-41-25-23-37(63(58,59)60)31-39(41)46(4,5)42(50)15-11-9-8-10-12-16-43-45(2,3)38-30-35(20-24-40(38)51(43)28-14-29-61(53,54)55)33-49(6)27-13-17-44(52)48-32-34-18-21-36(22-19-34)62(47,56)57/h8-12,15-16,18-25,30-31H,7,13-14,17,26-29,32-33H2,1-6H3,(H4-,47,48,52,53,54,55,56,57,58,59,60)/p+1. The number of nitrogens with zero attached hydrogens (tertiary/aromatic N) is 3. The number of hydrogen-bond donors (Lipinski definition) is 4. The van der Waals surface area contributed by atoms with E-state index in [4.69, 9.17) is 5.14 Å². The zero-order valence-electron chi connectivity index (χ0n) is 36.8. The monoisotopic (exact) mass is 922 g/mol. The van der Waals surface area contributed by atoms with Gasteiger partial charge in [0.1, 0.15) is 6.54 Å². The summed E-state index contributed by atoms with van der Waals surface area (Å²) in [4.78, 5) is 16.7. The van der Waals surface area contributed by atoms with Gasteiger partial charge in [-0.05, 0) is 93.4 Å². The number of carbonyl (C=O) groups excluding carboxylic acids is 1. The van der Waals surface area contributed by atoms with Crippen LogP contribution in [0.1, 0.15) is 82.6 Å². The maximum atomic E-state index is 12.5. The number of primary sulfonamides is 1. The molecule has 0 bridgehead atoms. The highest BCUT2D eigenvalue weighted by molar-refractivity contribution is 7.89. The zero-order valence-corrected chi connectivity index (χ0v) is 39.2. The molecule has 0 radical (unpaired) electrons. The third kappa shape index (κ3) is 12.5. The Morgan fingerprint density at radius 3 is 2.13 bits per heavy atom. The molecule has 0 spiro atoms. The number of anilines is 1. The molecule has 3 aromatic rings. The summed E-state index contributed by atoms with van der Waals surface area (Å²) in [5, 5.41) is 8.03. The predicted octanol–water partition coefficient (Wildman–Crippen LogP) is 6.52. The molecule has 63 heavy (non-hydrogen) atoms. The van der Waals surface area contributed by atoms with E-state index in [2.05, 4.69) is 58.7 Å². The van der Waals surface area contributed by atoms with Gasteiger partial charge in [0.2, 0.25) is 21.6 Å². The van der Waals surface area contributed by atoms with Gasteiger partial charge in [0.15, 0.2) is 5.71 Å². The van der Waals surface area contributed by atoms with Crippen molar-refractivity contribution in [1.29, 1.82) is 0 Å². The summed E-state index contributed by atoms with van der Waals surface area (Å²) in [6.45, 7) is 13.1. The number of rotatable bonds is 20. The van der Waals surface area contributed by atoms with Gasteiger partial charge >= 0.3 is 0 Å². The number of allylic oxidation sites excluding steroid dienone is 8. The highest BCUT2D eigenvalue weighted by Crippen LogP contribution is 2.48. The van der Waals surface area contributed by atoms with Crippen LogP contribution in [0.5, 0.6) is 0 Å². The molecule has 0 aliphatic carbocycles. The van der Waals surface area contributed by atoms with E-state index in [1.807, 2.05) is 63.4 Å². The number of hydrogen-bond acceptors (Lipinski definition) is 9. The third-order valence-electron chi connectivity index (χ3n) is 11.4. The average molecular weight is 923 g/mol. The van der Waals surface area contributed by atoms with Crippen molar-refractivity contribution >= 4 is 53.3 Å². The molecule has 1 amide bonds. The Bertz CT molecular complexity index is 2680. The Morgan fingerprint density at radius 2 is 1.48 bits per heavy atom. The van der Waals surface area contributed by atoms with Crippen LogP contribution < -0.4 is 15.4 Å². The number of carbonyl (C=O) groups is 1. The van der Waals surface area contributed by atoms with Crippen molar-refractivity contribution in [1.82, 2.24) is 10.2 Å². The van der Waals surface area contributed by atoms with E-state index >= 15 is 0 Å². The summed E-state index contributed by atoms with van der Waals surface area (Å²) in [5.41, 5.74) is 6.68. The van der Waals surface area contributed by atoms with Gasteiger partial charge in [0, 0.05) is 67.0 Å². The van der Waals surface area contributed by atoms with Crippen LogP contribution in [0.3, 0.4) is 0 Å². The fourth-order valence-corrected chi connectivity index (χ4v) is 9.73. The van der Waals surface area contributed by atoms with Crippen LogP contribution in [0.4, 0.5) is 11.4 Å². The molecule has 0 saturated heterocycles. The zero-order chi connectivity index (χ0) is 46.4. The van der Waals surface area contributed by atoms with Gasteiger partial charge in [-0.3, -0.25) is 13.9 Å². The Labute approximate surface area is 373 Å². The molecule has 2 heterocycles. The molecule has 0 saturated carbocycles. The number of amides is 1. The first-order valence-electron chi connectivity index (χ1n) is 20.9. The SMILES string of the molecule is CCC[N+]1=C(C=CC=CC=CC=C2N(CCCS(=O)(=O)O)c3ccc(CN(C)CCCC(=O)NCc4ccc(S(N)(=O)=O)cc4)cc3C2(C)C)C(C)(C)c2cc(S(=O)(=O)O)ccc21. The van der Waals surface area contributed by atoms with Gasteiger partial charge in [0.25, 0.3) is 20.2 Å². The largest absolute Gasteiger partial charge is 0.352 e. The molecule has 0 unspecified atom stereocenters. The van der Waals surface area contributed by atoms with Gasteiger partial charge in [-0.1, -0.05) is 75.4 Å². The number of fused-ring (bicyclic) bond motifs is 2. The maximum Gasteiger partial charge on any atom is 0.294 e. The highest BCUT2D eigenvalue weighted by Gasteiger charge is 2.45. The van der Waals surface area contributed by atoms with Gasteiger partial charge in [-0.15, -0.1) is 0 Å². The Kier molecular flexibility index (Phi) is 15.6. The van der Waals surface area contributed by atoms with Crippen molar-refractivity contribution in [2.45, 2.75) is 94.0 Å². The quantitative estimate of drug-likeness (QED) is 0.0545. The van der Waals surface area contributed by atoms with Crippen LogP contribution >= 0.6 is 0 Å². The third-order valence-corrected chi connectivity index (χ3v) is 14.0. The lowest BCUT2D eigenvalue weighted by Crippen LogP contribution is -2.28. The van der Waals surface area contributed by atoms with Crippen molar-refractivity contribution in [2.75, 3.05) is 37.3 Å². The predicted molar refractivity (Wildman–Crippen MR) is 248 cm³/mol. The van der Waals surface area contributed by atoms with E-state index in [9.17, 15) is 39.2 Å². The van der Waals surface area contributed by atoms with Crippen molar-refractivity contribution in [3.8, 4) is 0 Å². The molecule has 5 rings (SSSR count). The second kappa shape index (κ2) is 20.0. The average Bonchev–Trinajstić information content (AvgIpc) is 3.53. The molecule has 2 aliphatic rings. The lowest BCUT2D eigenvalue weighted by molar-refractivity contribution is -0.437. The summed E-state index contributed by atoms with van der Waals surface area (Å²) in [5.74, 6) is -0.462. The number of nitrogens with two attached hydrogens (primary N) is 1. The van der Waals surface area contributed by atoms with E-state index in [-0.39, 0.29) is 34.4 Å². The highest BCUT2D eigenvalue weighted by atomic mass is 32.2. The Balaban J connectivity index is 1.24. The minimum Gasteiger partial charge on any atom is -0.352 e.